The maximum atomic E-state index is 13.6. The van der Waals surface area contributed by atoms with Crippen LogP contribution in [-0.4, -0.2) is 14.3 Å². The first-order chi connectivity index (χ1) is 10.3. The molecule has 5 nitrogen and oxygen atoms in total. The summed E-state index contributed by atoms with van der Waals surface area (Å²) in [5.74, 6) is -2.42. The lowest BCUT2D eigenvalue weighted by Gasteiger charge is -2.09. The fraction of sp³-hybridized carbons (Fsp3) is 0. The van der Waals surface area contributed by atoms with Crippen LogP contribution >= 0.6 is 11.6 Å². The summed E-state index contributed by atoms with van der Waals surface area (Å²) in [5.41, 5.74) is 1.93. The van der Waals surface area contributed by atoms with Crippen LogP contribution < -0.4 is 10.3 Å². The van der Waals surface area contributed by atoms with E-state index in [2.05, 4.69) is 0 Å². The van der Waals surface area contributed by atoms with E-state index in [1.807, 2.05) is 5.43 Å². The number of amides is 1. The molecule has 0 bridgehead atoms. The quantitative estimate of drug-likeness (QED) is 0.834. The van der Waals surface area contributed by atoms with Gasteiger partial charge in [0.2, 0.25) is 0 Å². The van der Waals surface area contributed by atoms with Crippen molar-refractivity contribution >= 4 is 27.5 Å². The van der Waals surface area contributed by atoms with Crippen LogP contribution in [0.15, 0.2) is 47.4 Å². The molecule has 1 amide bonds. The molecule has 9 heteroatoms. The van der Waals surface area contributed by atoms with Gasteiger partial charge in [-0.25, -0.2) is 17.2 Å². The molecule has 0 heterocycles. The summed E-state index contributed by atoms with van der Waals surface area (Å²) in [7, 11) is -4.31. The Bertz CT molecular complexity index is 811. The van der Waals surface area contributed by atoms with E-state index in [1.54, 1.807) is 4.83 Å². The van der Waals surface area contributed by atoms with Gasteiger partial charge in [-0.05, 0) is 42.5 Å². The second-order valence-electron chi connectivity index (χ2n) is 4.14. The van der Waals surface area contributed by atoms with Crippen LogP contribution in [0.4, 0.5) is 8.78 Å². The maximum absolute atomic E-state index is 13.6. The number of carbonyl (C=O) groups is 1. The molecular formula is C13H9ClF2N2O3S. The fourth-order valence-corrected chi connectivity index (χ4v) is 2.59. The van der Waals surface area contributed by atoms with Gasteiger partial charge in [0.15, 0.2) is 0 Å². The Kier molecular flexibility index (Phi) is 4.74. The molecule has 0 unspecified atom stereocenters. The summed E-state index contributed by atoms with van der Waals surface area (Å²) in [6.07, 6.45) is 0. The predicted octanol–water partition coefficient (Wildman–Crippen LogP) is 2.24. The minimum absolute atomic E-state index is 0.0284. The van der Waals surface area contributed by atoms with Gasteiger partial charge in [-0.2, -0.15) is 0 Å². The molecule has 0 aliphatic carbocycles. The number of benzene rings is 2. The molecular weight excluding hydrogens is 338 g/mol. The summed E-state index contributed by atoms with van der Waals surface area (Å²) in [6, 6.07) is 7.41. The molecule has 0 atom stereocenters. The van der Waals surface area contributed by atoms with Gasteiger partial charge in [0, 0.05) is 10.6 Å². The van der Waals surface area contributed by atoms with Gasteiger partial charge >= 0.3 is 0 Å². The second kappa shape index (κ2) is 6.39. The number of hydrogen-bond acceptors (Lipinski definition) is 3. The van der Waals surface area contributed by atoms with Crippen molar-refractivity contribution in [2.24, 2.45) is 0 Å². The molecule has 0 aliphatic rings. The smallest absolute Gasteiger partial charge is 0.266 e. The Morgan fingerprint density at radius 1 is 1.05 bits per heavy atom. The first kappa shape index (κ1) is 16.3. The Balaban J connectivity index is 2.12. The van der Waals surface area contributed by atoms with E-state index in [1.165, 1.54) is 18.2 Å². The number of hydrogen-bond donors (Lipinski definition) is 2. The number of hydrazine groups is 1. The van der Waals surface area contributed by atoms with Gasteiger partial charge in [-0.3, -0.25) is 10.2 Å². The molecule has 2 N–H and O–H groups in total. The highest BCUT2D eigenvalue weighted by Crippen LogP contribution is 2.18. The molecule has 0 radical (unpaired) electrons. The molecule has 2 aromatic carbocycles. The molecule has 0 fully saturated rings. The van der Waals surface area contributed by atoms with Crippen LogP contribution in [0.25, 0.3) is 0 Å². The molecule has 0 spiro atoms. The summed E-state index contributed by atoms with van der Waals surface area (Å²) in [6.45, 7) is 0. The minimum Gasteiger partial charge on any atom is -0.273 e. The average molecular weight is 347 g/mol. The lowest BCUT2D eigenvalue weighted by molar-refractivity contribution is 0.0945. The predicted molar refractivity (Wildman–Crippen MR) is 75.6 cm³/mol. The minimum atomic E-state index is -4.31. The number of carbonyl (C=O) groups excluding carboxylic acids is 1. The Labute approximate surface area is 129 Å². The molecule has 2 rings (SSSR count). The van der Waals surface area contributed by atoms with Crippen LogP contribution in [-0.2, 0) is 10.0 Å². The van der Waals surface area contributed by atoms with E-state index in [0.29, 0.717) is 0 Å². The Hall–Kier alpha value is -2.03. The lowest BCUT2D eigenvalue weighted by Crippen LogP contribution is -2.41. The van der Waals surface area contributed by atoms with Gasteiger partial charge in [0.25, 0.3) is 15.9 Å². The highest BCUT2D eigenvalue weighted by atomic mass is 35.5. The average Bonchev–Trinajstić information content (AvgIpc) is 2.45. The molecule has 0 aliphatic heterocycles. The highest BCUT2D eigenvalue weighted by molar-refractivity contribution is 7.89. The highest BCUT2D eigenvalue weighted by Gasteiger charge is 2.20. The Morgan fingerprint density at radius 3 is 2.27 bits per heavy atom. The van der Waals surface area contributed by atoms with Crippen molar-refractivity contribution in [1.29, 1.82) is 0 Å². The zero-order valence-corrected chi connectivity index (χ0v) is 12.4. The van der Waals surface area contributed by atoms with Gasteiger partial charge in [-0.1, -0.05) is 11.6 Å². The summed E-state index contributed by atoms with van der Waals surface area (Å²) in [5, 5.41) is 0.0341. The third kappa shape index (κ3) is 3.79. The van der Waals surface area contributed by atoms with E-state index in [9.17, 15) is 22.0 Å². The number of sulfonamides is 1. The van der Waals surface area contributed by atoms with E-state index in [0.717, 1.165) is 24.3 Å². The molecule has 0 saturated carbocycles. The van der Waals surface area contributed by atoms with Gasteiger partial charge in [-0.15, -0.1) is 4.83 Å². The van der Waals surface area contributed by atoms with Crippen LogP contribution in [0.3, 0.4) is 0 Å². The third-order valence-corrected chi connectivity index (χ3v) is 4.10. The van der Waals surface area contributed by atoms with Crippen LogP contribution in [0.1, 0.15) is 10.4 Å². The van der Waals surface area contributed by atoms with E-state index < -0.39 is 32.5 Å². The maximum Gasteiger partial charge on any atom is 0.266 e. The van der Waals surface area contributed by atoms with E-state index in [-0.39, 0.29) is 10.6 Å². The first-order valence-corrected chi connectivity index (χ1v) is 7.68. The zero-order chi connectivity index (χ0) is 16.3. The van der Waals surface area contributed by atoms with Crippen molar-refractivity contribution in [3.05, 3.63) is 64.7 Å². The van der Waals surface area contributed by atoms with Crippen LogP contribution in [0, 0.1) is 11.6 Å². The fourth-order valence-electron chi connectivity index (χ4n) is 1.54. The largest absolute Gasteiger partial charge is 0.273 e. The molecule has 22 heavy (non-hydrogen) atoms. The number of nitrogens with one attached hydrogen (secondary N) is 2. The third-order valence-electron chi connectivity index (χ3n) is 2.59. The second-order valence-corrected chi connectivity index (χ2v) is 6.23. The van der Waals surface area contributed by atoms with Gasteiger partial charge in [0.05, 0.1) is 0 Å². The topological polar surface area (TPSA) is 75.3 Å². The van der Waals surface area contributed by atoms with Gasteiger partial charge < -0.3 is 0 Å². The van der Waals surface area contributed by atoms with Crippen molar-refractivity contribution in [2.45, 2.75) is 4.90 Å². The molecule has 0 aromatic heterocycles. The van der Waals surface area contributed by atoms with Crippen LogP contribution in [0.2, 0.25) is 5.02 Å². The lowest BCUT2D eigenvalue weighted by atomic mass is 10.2. The summed E-state index contributed by atoms with van der Waals surface area (Å²) < 4.78 is 50.1. The standard InChI is InChI=1S/C13H9ClF2N2O3S/c14-9-3-6-12(11(16)7-9)22(20,21)18-17-13(19)8-1-4-10(15)5-2-8/h1-7,18H,(H,17,19). The first-order valence-electron chi connectivity index (χ1n) is 5.82. The molecule has 116 valence electrons. The Morgan fingerprint density at radius 2 is 1.68 bits per heavy atom. The molecule has 0 saturated heterocycles. The van der Waals surface area contributed by atoms with Crippen molar-refractivity contribution in [3.8, 4) is 0 Å². The zero-order valence-electron chi connectivity index (χ0n) is 10.8. The SMILES string of the molecule is O=C(NNS(=O)(=O)c1ccc(Cl)cc1F)c1ccc(F)cc1. The monoisotopic (exact) mass is 346 g/mol. The van der Waals surface area contributed by atoms with Crippen molar-refractivity contribution in [2.75, 3.05) is 0 Å². The van der Waals surface area contributed by atoms with Crippen LogP contribution in [0.5, 0.6) is 0 Å². The van der Waals surface area contributed by atoms with Crippen molar-refractivity contribution < 1.29 is 22.0 Å². The van der Waals surface area contributed by atoms with Crippen molar-refractivity contribution in [1.82, 2.24) is 10.3 Å². The van der Waals surface area contributed by atoms with E-state index >= 15 is 0 Å². The molecule has 2 aromatic rings. The van der Waals surface area contributed by atoms with Crippen molar-refractivity contribution in [3.63, 3.8) is 0 Å². The number of halogens is 3. The van der Waals surface area contributed by atoms with Gasteiger partial charge in [0.1, 0.15) is 16.5 Å². The number of rotatable bonds is 4. The van der Waals surface area contributed by atoms with E-state index in [4.69, 9.17) is 11.6 Å². The summed E-state index contributed by atoms with van der Waals surface area (Å²) >= 11 is 5.53. The summed E-state index contributed by atoms with van der Waals surface area (Å²) in [4.78, 5) is 12.8. The normalized spacial score (nSPS) is 11.2.